The molecule has 3 rings (SSSR count). The molecule has 3 atom stereocenters. The molecule has 0 aromatic heterocycles. The van der Waals surface area contributed by atoms with Gasteiger partial charge in [0.15, 0.2) is 0 Å². The van der Waals surface area contributed by atoms with Crippen molar-refractivity contribution in [3.63, 3.8) is 0 Å². The molecule has 3 unspecified atom stereocenters. The SMILES string of the molecule is CCC1CCC(CC2CCC(CC3CCC(S(C)=PP(P)P)CC3)CC2)CC1. The minimum absolute atomic E-state index is 0.114. The van der Waals surface area contributed by atoms with Gasteiger partial charge in [-0.1, -0.05) is 82.6 Å². The van der Waals surface area contributed by atoms with Crippen LogP contribution in [-0.4, -0.2) is 11.5 Å². The number of hydrogen-bond acceptors (Lipinski definition) is 0. The fourth-order valence-electron chi connectivity index (χ4n) is 6.45. The maximum Gasteiger partial charge on any atom is 0.00357 e. The van der Waals surface area contributed by atoms with E-state index in [1.54, 1.807) is 71.3 Å². The van der Waals surface area contributed by atoms with E-state index in [2.05, 4.69) is 31.0 Å². The van der Waals surface area contributed by atoms with Crippen molar-refractivity contribution in [2.45, 2.75) is 108 Å². The van der Waals surface area contributed by atoms with E-state index in [0.29, 0.717) is 10.1 Å². The molecular weight excluding hydrogens is 432 g/mol. The van der Waals surface area contributed by atoms with Gasteiger partial charge in [0.05, 0.1) is 0 Å². The highest BCUT2D eigenvalue weighted by Crippen LogP contribution is 2.65. The van der Waals surface area contributed by atoms with E-state index in [0.717, 1.165) is 34.8 Å². The summed E-state index contributed by atoms with van der Waals surface area (Å²) in [6, 6.07) is 0. The van der Waals surface area contributed by atoms with E-state index in [9.17, 15) is 0 Å². The predicted octanol–water partition coefficient (Wildman–Crippen LogP) is 9.43. The van der Waals surface area contributed by atoms with Crippen LogP contribution in [0, 0.1) is 29.6 Å². The van der Waals surface area contributed by atoms with Gasteiger partial charge >= 0.3 is 0 Å². The van der Waals surface area contributed by atoms with Crippen molar-refractivity contribution in [2.24, 2.45) is 29.6 Å². The van der Waals surface area contributed by atoms with Crippen LogP contribution in [0.15, 0.2) is 0 Å². The lowest BCUT2D eigenvalue weighted by atomic mass is 9.71. The maximum absolute atomic E-state index is 3.03. The monoisotopic (exact) mass is 478 g/mol. The Labute approximate surface area is 185 Å². The van der Waals surface area contributed by atoms with E-state index < -0.39 is 0 Å². The zero-order valence-corrected chi connectivity index (χ0v) is 23.4. The summed E-state index contributed by atoms with van der Waals surface area (Å²) < 4.78 is 0. The third-order valence-corrected chi connectivity index (χ3v) is 21.6. The highest BCUT2D eigenvalue weighted by molar-refractivity contribution is 8.75. The molecule has 5 heteroatoms. The molecule has 0 saturated heterocycles. The van der Waals surface area contributed by atoms with Crippen LogP contribution in [0.25, 0.3) is 0 Å². The molecule has 164 valence electrons. The van der Waals surface area contributed by atoms with Gasteiger partial charge in [-0.25, -0.2) is 0 Å². The fourth-order valence-corrected chi connectivity index (χ4v) is 21.7. The lowest BCUT2D eigenvalue weighted by molar-refractivity contribution is 0.171. The van der Waals surface area contributed by atoms with Gasteiger partial charge in [-0.3, -0.25) is 0 Å². The fraction of sp³-hybridized carbons (Fsp3) is 1.00. The van der Waals surface area contributed by atoms with Gasteiger partial charge in [0.25, 0.3) is 0 Å². The van der Waals surface area contributed by atoms with E-state index in [1.807, 2.05) is 0 Å². The molecule has 0 nitrogen and oxygen atoms in total. The van der Waals surface area contributed by atoms with Gasteiger partial charge in [0.2, 0.25) is 0 Å². The van der Waals surface area contributed by atoms with Crippen molar-refractivity contribution in [3.05, 3.63) is 0 Å². The molecule has 0 aliphatic heterocycles. The van der Waals surface area contributed by atoms with Crippen molar-refractivity contribution >= 4 is 42.0 Å². The average molecular weight is 479 g/mol. The van der Waals surface area contributed by atoms with Crippen molar-refractivity contribution in [3.8, 4) is 0 Å². The van der Waals surface area contributed by atoms with E-state index in [1.165, 1.54) is 32.1 Å². The summed E-state index contributed by atoms with van der Waals surface area (Å²) in [5.74, 6) is 5.40. The summed E-state index contributed by atoms with van der Waals surface area (Å²) in [7, 11) is 8.41. The Balaban J connectivity index is 1.31. The Morgan fingerprint density at radius 2 is 1.04 bits per heavy atom. The zero-order valence-electron chi connectivity index (χ0n) is 18.5. The van der Waals surface area contributed by atoms with Crippen LogP contribution in [0.3, 0.4) is 0 Å². The van der Waals surface area contributed by atoms with Crippen LogP contribution in [0.5, 0.6) is 0 Å². The van der Waals surface area contributed by atoms with Gasteiger partial charge in [-0.05, 0) is 88.4 Å². The van der Waals surface area contributed by atoms with Crippen LogP contribution >= 0.6 is 31.9 Å². The van der Waals surface area contributed by atoms with Crippen LogP contribution in [0.2, 0.25) is 0 Å². The van der Waals surface area contributed by atoms with Gasteiger partial charge in [-0.15, -0.1) is 0 Å². The molecule has 3 fully saturated rings. The molecule has 0 bridgehead atoms. The Morgan fingerprint density at radius 3 is 1.39 bits per heavy atom. The molecule has 0 radical (unpaired) electrons. The Hall–Kier alpha value is 1.94. The van der Waals surface area contributed by atoms with Crippen molar-refractivity contribution < 1.29 is 0 Å². The zero-order chi connectivity index (χ0) is 19.9. The average Bonchev–Trinajstić information content (AvgIpc) is 2.70. The van der Waals surface area contributed by atoms with E-state index in [-0.39, 0.29) is 6.99 Å². The smallest absolute Gasteiger partial charge is 0.00357 e. The van der Waals surface area contributed by atoms with Gasteiger partial charge in [0, 0.05) is 5.25 Å². The second kappa shape index (κ2) is 12.8. The summed E-state index contributed by atoms with van der Waals surface area (Å²) in [5, 5.41) is 1.04. The summed E-state index contributed by atoms with van der Waals surface area (Å²) in [6.45, 7) is 2.51. The molecule has 0 aromatic rings. The molecule has 3 aliphatic rings. The standard InChI is InChI=1S/C23H46P4S/c1-3-18-4-6-19(7-5-18)16-20-8-10-21(11-9-20)17-22-12-14-23(15-13-22)28(2)26-27(24)25/h18-23H,3-17,24-25H2,1-2H3. The lowest BCUT2D eigenvalue weighted by Crippen LogP contribution is -2.25. The second-order valence-corrected chi connectivity index (χ2v) is 25.7. The first-order valence-electron chi connectivity index (χ1n) is 12.2. The Kier molecular flexibility index (Phi) is 11.3. The molecule has 0 aromatic carbocycles. The topological polar surface area (TPSA) is 0 Å². The first-order valence-corrected chi connectivity index (χ1v) is 20.7. The number of rotatable bonds is 7. The van der Waals surface area contributed by atoms with Gasteiger partial charge in [0.1, 0.15) is 0 Å². The first kappa shape index (κ1) is 24.6. The van der Waals surface area contributed by atoms with Crippen molar-refractivity contribution in [1.29, 1.82) is 0 Å². The quantitative estimate of drug-likeness (QED) is 0.320. The molecule has 0 amide bonds. The first-order chi connectivity index (χ1) is 13.5. The minimum Gasteiger partial charge on any atom is -0.158 e. The summed E-state index contributed by atoms with van der Waals surface area (Å²) in [4.78, 5) is 0. The normalized spacial score (nSPS) is 38.6. The molecule has 0 N–H and O–H groups in total. The van der Waals surface area contributed by atoms with Crippen molar-refractivity contribution in [2.75, 3.05) is 6.26 Å². The maximum atomic E-state index is 3.03. The third kappa shape index (κ3) is 8.13. The minimum atomic E-state index is 0.114. The summed E-state index contributed by atoms with van der Waals surface area (Å²) in [6.07, 6.45) is 25.7. The Bertz CT molecular complexity index is 471. The van der Waals surface area contributed by atoms with Gasteiger partial charge < -0.3 is 0 Å². The highest BCUT2D eigenvalue weighted by Gasteiger charge is 2.29. The van der Waals surface area contributed by atoms with E-state index in [4.69, 9.17) is 0 Å². The van der Waals surface area contributed by atoms with Crippen molar-refractivity contribution in [1.82, 2.24) is 0 Å². The summed E-state index contributed by atoms with van der Waals surface area (Å²) in [5.41, 5.74) is 0. The third-order valence-electron chi connectivity index (χ3n) is 8.34. The highest BCUT2D eigenvalue weighted by atomic mass is 32.9. The molecule has 28 heavy (non-hydrogen) atoms. The largest absolute Gasteiger partial charge is 0.158 e. The van der Waals surface area contributed by atoms with Crippen LogP contribution in [0.1, 0.15) is 103 Å². The predicted molar refractivity (Wildman–Crippen MR) is 143 cm³/mol. The molecule has 0 heterocycles. The van der Waals surface area contributed by atoms with Gasteiger partial charge in [-0.2, -0.15) is 10.1 Å². The molecule has 0 spiro atoms. The van der Waals surface area contributed by atoms with Crippen LogP contribution in [-0.2, 0) is 10.1 Å². The van der Waals surface area contributed by atoms with Crippen LogP contribution < -0.4 is 0 Å². The second-order valence-electron chi connectivity index (χ2n) is 10.3. The molecule has 3 aliphatic carbocycles. The Morgan fingerprint density at radius 1 is 0.679 bits per heavy atom. The van der Waals surface area contributed by atoms with Crippen LogP contribution in [0.4, 0.5) is 0 Å². The summed E-state index contributed by atoms with van der Waals surface area (Å²) >= 11 is 0. The van der Waals surface area contributed by atoms with E-state index >= 15 is 0 Å². The number of hydrogen-bond donors (Lipinski definition) is 0. The molecule has 3 saturated carbocycles. The molecular formula is C23H46P4S. The lowest BCUT2D eigenvalue weighted by Gasteiger charge is -2.36.